The lowest BCUT2D eigenvalue weighted by molar-refractivity contribution is 0.703. The minimum absolute atomic E-state index is 0.694. The maximum Gasteiger partial charge on any atom is 0.163 e. The summed E-state index contributed by atoms with van der Waals surface area (Å²) in [7, 11) is 0. The molecule has 2 heterocycles. The average molecular weight is 332 g/mol. The van der Waals surface area contributed by atoms with E-state index in [9.17, 15) is 0 Å². The predicted octanol–water partition coefficient (Wildman–Crippen LogP) is 3.07. The Kier molecular flexibility index (Phi) is 3.64. The molecule has 0 fully saturated rings. The molecule has 0 amide bonds. The van der Waals surface area contributed by atoms with E-state index in [4.69, 9.17) is 0 Å². The lowest BCUT2D eigenvalue weighted by atomic mass is 10.2. The van der Waals surface area contributed by atoms with Gasteiger partial charge in [-0.2, -0.15) is 5.10 Å². The Balaban J connectivity index is 1.96. The molecule has 3 aromatic rings. The van der Waals surface area contributed by atoms with E-state index >= 15 is 0 Å². The quantitative estimate of drug-likeness (QED) is 0.798. The standard InChI is InChI=1S/C14H14BrN5/c1-2-16-13-12-7-19-20(14(12)18-9-17-13)8-10-3-5-11(15)6-4-10/h3-7,9H,2,8H2,1H3,(H,16,17,18). The van der Waals surface area contributed by atoms with Crippen LogP contribution >= 0.6 is 15.9 Å². The first-order valence-corrected chi connectivity index (χ1v) is 7.22. The molecule has 5 nitrogen and oxygen atoms in total. The number of hydrogen-bond donors (Lipinski definition) is 1. The highest BCUT2D eigenvalue weighted by molar-refractivity contribution is 9.10. The zero-order valence-corrected chi connectivity index (χ0v) is 12.6. The van der Waals surface area contributed by atoms with Gasteiger partial charge >= 0.3 is 0 Å². The fourth-order valence-corrected chi connectivity index (χ4v) is 2.34. The number of benzene rings is 1. The summed E-state index contributed by atoms with van der Waals surface area (Å²) >= 11 is 3.44. The van der Waals surface area contributed by atoms with Crippen LogP contribution in [0.3, 0.4) is 0 Å². The van der Waals surface area contributed by atoms with Gasteiger partial charge in [0.05, 0.1) is 18.1 Å². The third kappa shape index (κ3) is 2.51. The van der Waals surface area contributed by atoms with Crippen molar-refractivity contribution in [2.45, 2.75) is 13.5 Å². The molecule has 1 N–H and O–H groups in total. The Bertz CT molecular complexity index is 720. The molecule has 0 aliphatic heterocycles. The van der Waals surface area contributed by atoms with Gasteiger partial charge in [0.25, 0.3) is 0 Å². The molecule has 0 bridgehead atoms. The fraction of sp³-hybridized carbons (Fsp3) is 0.214. The number of aromatic nitrogens is 4. The molecule has 0 atom stereocenters. The van der Waals surface area contributed by atoms with Gasteiger partial charge in [-0.25, -0.2) is 14.6 Å². The molecule has 2 aromatic heterocycles. The second-order valence-corrected chi connectivity index (χ2v) is 5.33. The molecule has 6 heteroatoms. The monoisotopic (exact) mass is 331 g/mol. The highest BCUT2D eigenvalue weighted by atomic mass is 79.9. The smallest absolute Gasteiger partial charge is 0.163 e. The molecule has 0 radical (unpaired) electrons. The Morgan fingerprint density at radius 3 is 2.75 bits per heavy atom. The van der Waals surface area contributed by atoms with E-state index in [1.54, 1.807) is 6.33 Å². The highest BCUT2D eigenvalue weighted by Gasteiger charge is 2.09. The molecule has 0 spiro atoms. The fourth-order valence-electron chi connectivity index (χ4n) is 2.08. The first-order chi connectivity index (χ1) is 9.78. The van der Waals surface area contributed by atoms with Crippen molar-refractivity contribution in [3.05, 3.63) is 46.8 Å². The van der Waals surface area contributed by atoms with Gasteiger partial charge in [-0.15, -0.1) is 0 Å². The van der Waals surface area contributed by atoms with Gasteiger partial charge in [0.2, 0.25) is 0 Å². The minimum atomic E-state index is 0.694. The predicted molar refractivity (Wildman–Crippen MR) is 82.7 cm³/mol. The van der Waals surface area contributed by atoms with Crippen LogP contribution in [0.15, 0.2) is 41.3 Å². The summed E-state index contributed by atoms with van der Waals surface area (Å²) in [5.41, 5.74) is 2.03. The maximum atomic E-state index is 4.42. The first-order valence-electron chi connectivity index (χ1n) is 6.42. The average Bonchev–Trinajstić information content (AvgIpc) is 2.86. The lowest BCUT2D eigenvalue weighted by Gasteiger charge is -2.05. The van der Waals surface area contributed by atoms with Crippen molar-refractivity contribution >= 4 is 32.8 Å². The van der Waals surface area contributed by atoms with E-state index in [1.165, 1.54) is 5.56 Å². The Labute approximate surface area is 125 Å². The van der Waals surface area contributed by atoms with E-state index in [0.29, 0.717) is 6.54 Å². The summed E-state index contributed by atoms with van der Waals surface area (Å²) in [5.74, 6) is 0.833. The molecule has 102 valence electrons. The van der Waals surface area contributed by atoms with Gasteiger partial charge in [-0.05, 0) is 24.6 Å². The van der Waals surface area contributed by atoms with Gasteiger partial charge < -0.3 is 5.32 Å². The number of anilines is 1. The van der Waals surface area contributed by atoms with Crippen LogP contribution in [0.2, 0.25) is 0 Å². The van der Waals surface area contributed by atoms with E-state index < -0.39 is 0 Å². The zero-order chi connectivity index (χ0) is 13.9. The van der Waals surface area contributed by atoms with Crippen LogP contribution in [0.4, 0.5) is 5.82 Å². The van der Waals surface area contributed by atoms with Crippen LogP contribution < -0.4 is 5.32 Å². The summed E-state index contributed by atoms with van der Waals surface area (Å²) in [6.45, 7) is 3.56. The Morgan fingerprint density at radius 1 is 1.20 bits per heavy atom. The zero-order valence-electron chi connectivity index (χ0n) is 11.0. The van der Waals surface area contributed by atoms with Crippen LogP contribution in [0, 0.1) is 0 Å². The molecule has 3 rings (SSSR count). The normalized spacial score (nSPS) is 10.9. The molecule has 0 unspecified atom stereocenters. The van der Waals surface area contributed by atoms with Crippen molar-refractivity contribution < 1.29 is 0 Å². The summed E-state index contributed by atoms with van der Waals surface area (Å²) in [4.78, 5) is 8.58. The van der Waals surface area contributed by atoms with E-state index in [-0.39, 0.29) is 0 Å². The van der Waals surface area contributed by atoms with E-state index in [1.807, 2.05) is 29.9 Å². The first kappa shape index (κ1) is 13.1. The van der Waals surface area contributed by atoms with Crippen LogP contribution in [0.1, 0.15) is 12.5 Å². The number of halogens is 1. The number of nitrogens with one attached hydrogen (secondary N) is 1. The van der Waals surface area contributed by atoms with Crippen molar-refractivity contribution in [1.82, 2.24) is 19.7 Å². The van der Waals surface area contributed by atoms with Crippen molar-refractivity contribution in [2.24, 2.45) is 0 Å². The molecule has 20 heavy (non-hydrogen) atoms. The molecule has 1 aromatic carbocycles. The van der Waals surface area contributed by atoms with Gasteiger partial charge in [0, 0.05) is 11.0 Å². The summed E-state index contributed by atoms with van der Waals surface area (Å²) in [5, 5.41) is 8.59. The van der Waals surface area contributed by atoms with Crippen molar-refractivity contribution in [1.29, 1.82) is 0 Å². The molecule has 0 aliphatic carbocycles. The summed E-state index contributed by atoms with van der Waals surface area (Å²) < 4.78 is 2.96. The van der Waals surface area contributed by atoms with Crippen LogP contribution in [0.25, 0.3) is 11.0 Å². The molecular formula is C14H14BrN5. The molecule has 0 saturated carbocycles. The number of hydrogen-bond acceptors (Lipinski definition) is 4. The van der Waals surface area contributed by atoms with E-state index in [0.717, 1.165) is 27.9 Å². The van der Waals surface area contributed by atoms with Crippen molar-refractivity contribution in [3.63, 3.8) is 0 Å². The number of rotatable bonds is 4. The van der Waals surface area contributed by atoms with Crippen LogP contribution in [-0.2, 0) is 6.54 Å². The van der Waals surface area contributed by atoms with Gasteiger partial charge in [0.15, 0.2) is 5.65 Å². The number of nitrogens with zero attached hydrogens (tertiary/aromatic N) is 4. The topological polar surface area (TPSA) is 55.6 Å². The van der Waals surface area contributed by atoms with Gasteiger partial charge in [-0.1, -0.05) is 28.1 Å². The SMILES string of the molecule is CCNc1ncnc2c1cnn2Cc1ccc(Br)cc1. The highest BCUT2D eigenvalue weighted by Crippen LogP contribution is 2.19. The van der Waals surface area contributed by atoms with Gasteiger partial charge in [-0.3, -0.25) is 0 Å². The van der Waals surface area contributed by atoms with Gasteiger partial charge in [0.1, 0.15) is 12.1 Å². The molecule has 0 aliphatic rings. The maximum absolute atomic E-state index is 4.42. The van der Waals surface area contributed by atoms with Crippen molar-refractivity contribution in [2.75, 3.05) is 11.9 Å². The Hall–Kier alpha value is -1.95. The van der Waals surface area contributed by atoms with Crippen molar-refractivity contribution in [3.8, 4) is 0 Å². The molecule has 0 saturated heterocycles. The third-order valence-electron chi connectivity index (χ3n) is 3.02. The summed E-state index contributed by atoms with van der Waals surface area (Å²) in [6, 6.07) is 8.20. The van der Waals surface area contributed by atoms with Crippen LogP contribution in [-0.4, -0.2) is 26.3 Å². The second kappa shape index (κ2) is 5.58. The number of fused-ring (bicyclic) bond motifs is 1. The van der Waals surface area contributed by atoms with Crippen LogP contribution in [0.5, 0.6) is 0 Å². The van der Waals surface area contributed by atoms with E-state index in [2.05, 4.69) is 48.4 Å². The lowest BCUT2D eigenvalue weighted by Crippen LogP contribution is -2.04. The minimum Gasteiger partial charge on any atom is -0.370 e. The summed E-state index contributed by atoms with van der Waals surface area (Å²) in [6.07, 6.45) is 3.38. The largest absolute Gasteiger partial charge is 0.370 e. The second-order valence-electron chi connectivity index (χ2n) is 4.42. The Morgan fingerprint density at radius 2 is 2.00 bits per heavy atom. The third-order valence-corrected chi connectivity index (χ3v) is 3.55. The molecular weight excluding hydrogens is 318 g/mol.